The van der Waals surface area contributed by atoms with E-state index in [2.05, 4.69) is 4.98 Å². The molecule has 94 valence electrons. The van der Waals surface area contributed by atoms with E-state index >= 15 is 0 Å². The summed E-state index contributed by atoms with van der Waals surface area (Å²) in [6, 6.07) is 7.82. The molecule has 1 aromatic carbocycles. The predicted molar refractivity (Wildman–Crippen MR) is 70.4 cm³/mol. The summed E-state index contributed by atoms with van der Waals surface area (Å²) in [6.45, 7) is 1.60. The number of benzene rings is 1. The summed E-state index contributed by atoms with van der Waals surface area (Å²) < 4.78 is 0. The van der Waals surface area contributed by atoms with Crippen molar-refractivity contribution in [1.82, 2.24) is 4.98 Å². The number of anilines is 1. The van der Waals surface area contributed by atoms with Crippen LogP contribution in [0.3, 0.4) is 0 Å². The van der Waals surface area contributed by atoms with E-state index in [9.17, 15) is 10.2 Å². The van der Waals surface area contributed by atoms with Gasteiger partial charge in [-0.1, -0.05) is 23.7 Å². The van der Waals surface area contributed by atoms with Gasteiger partial charge in [0.05, 0.1) is 5.02 Å². The molecule has 0 aliphatic carbocycles. The van der Waals surface area contributed by atoms with Crippen LogP contribution in [0.15, 0.2) is 36.5 Å². The largest absolute Gasteiger partial charge is 0.508 e. The lowest BCUT2D eigenvalue weighted by Gasteiger charge is -2.25. The molecule has 1 heterocycles. The van der Waals surface area contributed by atoms with Crippen LogP contribution in [0, 0.1) is 0 Å². The van der Waals surface area contributed by atoms with E-state index in [1.54, 1.807) is 25.1 Å². The van der Waals surface area contributed by atoms with Crippen molar-refractivity contribution in [3.8, 4) is 5.75 Å². The first-order valence-corrected chi connectivity index (χ1v) is 5.72. The van der Waals surface area contributed by atoms with Gasteiger partial charge in [-0.25, -0.2) is 4.98 Å². The van der Waals surface area contributed by atoms with Crippen molar-refractivity contribution < 1.29 is 10.2 Å². The van der Waals surface area contributed by atoms with Gasteiger partial charge in [0.2, 0.25) is 0 Å². The van der Waals surface area contributed by atoms with Gasteiger partial charge < -0.3 is 15.9 Å². The van der Waals surface area contributed by atoms with Gasteiger partial charge in [0.25, 0.3) is 0 Å². The second-order valence-corrected chi connectivity index (χ2v) is 4.64. The number of nitrogens with zero attached hydrogens (tertiary/aromatic N) is 1. The van der Waals surface area contributed by atoms with Crippen LogP contribution in [-0.4, -0.2) is 15.2 Å². The number of aromatic hydroxyl groups is 1. The van der Waals surface area contributed by atoms with E-state index in [0.717, 1.165) is 0 Å². The van der Waals surface area contributed by atoms with Gasteiger partial charge in [-0.2, -0.15) is 0 Å². The van der Waals surface area contributed by atoms with Crippen molar-refractivity contribution in [2.45, 2.75) is 12.5 Å². The summed E-state index contributed by atoms with van der Waals surface area (Å²) in [5, 5.41) is 20.2. The van der Waals surface area contributed by atoms with Crippen molar-refractivity contribution >= 4 is 17.4 Å². The normalized spacial score (nSPS) is 14.2. The average molecular weight is 265 g/mol. The van der Waals surface area contributed by atoms with E-state index in [-0.39, 0.29) is 11.6 Å². The van der Waals surface area contributed by atoms with Gasteiger partial charge in [0, 0.05) is 11.8 Å². The molecule has 0 fully saturated rings. The van der Waals surface area contributed by atoms with Crippen LogP contribution >= 0.6 is 11.6 Å². The van der Waals surface area contributed by atoms with Crippen LogP contribution in [-0.2, 0) is 5.60 Å². The average Bonchev–Trinajstić information content (AvgIpc) is 2.32. The number of rotatable bonds is 2. The molecular formula is C13H13ClN2O2. The number of pyridine rings is 1. The Morgan fingerprint density at radius 3 is 2.50 bits per heavy atom. The number of aromatic nitrogens is 1. The monoisotopic (exact) mass is 264 g/mol. The van der Waals surface area contributed by atoms with Crippen LogP contribution in [0.25, 0.3) is 0 Å². The van der Waals surface area contributed by atoms with E-state index in [0.29, 0.717) is 16.1 Å². The van der Waals surface area contributed by atoms with Crippen molar-refractivity contribution in [2.75, 3.05) is 5.73 Å². The molecule has 0 saturated carbocycles. The third-order valence-corrected chi connectivity index (χ3v) is 3.05. The van der Waals surface area contributed by atoms with Crippen LogP contribution in [0.2, 0.25) is 5.02 Å². The Balaban J connectivity index is 2.53. The molecule has 2 aromatic rings. The van der Waals surface area contributed by atoms with Crippen molar-refractivity contribution in [3.63, 3.8) is 0 Å². The Labute approximate surface area is 110 Å². The Kier molecular flexibility index (Phi) is 3.15. The summed E-state index contributed by atoms with van der Waals surface area (Å²) in [7, 11) is 0. The Hall–Kier alpha value is -1.78. The highest BCUT2D eigenvalue weighted by molar-refractivity contribution is 6.30. The predicted octanol–water partition coefficient (Wildman–Crippen LogP) is 2.28. The molecular weight excluding hydrogens is 252 g/mol. The fourth-order valence-corrected chi connectivity index (χ4v) is 1.94. The lowest BCUT2D eigenvalue weighted by Crippen LogP contribution is -2.24. The molecule has 0 radical (unpaired) electrons. The summed E-state index contributed by atoms with van der Waals surface area (Å²) in [5.74, 6) is 0.351. The molecule has 5 heteroatoms. The zero-order valence-electron chi connectivity index (χ0n) is 9.76. The smallest absolute Gasteiger partial charge is 0.129 e. The highest BCUT2D eigenvalue weighted by atomic mass is 35.5. The van der Waals surface area contributed by atoms with Gasteiger partial charge in [0.1, 0.15) is 17.2 Å². The molecule has 0 amide bonds. The standard InChI is InChI=1S/C13H13ClN2O2/c1-13(18,8-2-4-10(17)5-3-8)11-6-9(14)7-16-12(11)15/h2-7,17-18H,1H3,(H2,15,16). The summed E-state index contributed by atoms with van der Waals surface area (Å²) >= 11 is 5.87. The number of aliphatic hydroxyl groups is 1. The molecule has 1 atom stereocenters. The van der Waals surface area contributed by atoms with Crippen LogP contribution in [0.4, 0.5) is 5.82 Å². The van der Waals surface area contributed by atoms with E-state index in [1.165, 1.54) is 18.3 Å². The minimum atomic E-state index is -1.32. The molecule has 0 aliphatic rings. The van der Waals surface area contributed by atoms with E-state index in [1.807, 2.05) is 0 Å². The topological polar surface area (TPSA) is 79.4 Å². The number of nitrogens with two attached hydrogens (primary N) is 1. The fraction of sp³-hybridized carbons (Fsp3) is 0.154. The van der Waals surface area contributed by atoms with Gasteiger partial charge >= 0.3 is 0 Å². The van der Waals surface area contributed by atoms with E-state index in [4.69, 9.17) is 17.3 Å². The second-order valence-electron chi connectivity index (χ2n) is 4.21. The fourth-order valence-electron chi connectivity index (χ4n) is 1.78. The Morgan fingerprint density at radius 1 is 1.28 bits per heavy atom. The SMILES string of the molecule is CC(O)(c1ccc(O)cc1)c1cc(Cl)cnc1N. The summed E-state index contributed by atoms with van der Waals surface area (Å²) in [4.78, 5) is 3.92. The van der Waals surface area contributed by atoms with Crippen LogP contribution in [0.5, 0.6) is 5.75 Å². The van der Waals surface area contributed by atoms with Crippen molar-refractivity contribution in [3.05, 3.63) is 52.7 Å². The minimum Gasteiger partial charge on any atom is -0.508 e. The molecule has 2 rings (SSSR count). The maximum Gasteiger partial charge on any atom is 0.129 e. The molecule has 4 N–H and O–H groups in total. The number of halogens is 1. The molecule has 18 heavy (non-hydrogen) atoms. The maximum absolute atomic E-state index is 10.6. The molecule has 1 unspecified atom stereocenters. The molecule has 0 aliphatic heterocycles. The maximum atomic E-state index is 10.6. The summed E-state index contributed by atoms with van der Waals surface area (Å²) in [5.41, 5.74) is 5.46. The van der Waals surface area contributed by atoms with Crippen LogP contribution in [0.1, 0.15) is 18.1 Å². The zero-order chi connectivity index (χ0) is 13.3. The molecule has 0 spiro atoms. The third-order valence-electron chi connectivity index (χ3n) is 2.84. The van der Waals surface area contributed by atoms with E-state index < -0.39 is 5.60 Å². The van der Waals surface area contributed by atoms with Gasteiger partial charge in [-0.15, -0.1) is 0 Å². The Bertz CT molecular complexity index is 568. The molecule has 0 bridgehead atoms. The lowest BCUT2D eigenvalue weighted by atomic mass is 9.88. The number of phenolic OH excluding ortho intramolecular Hbond substituents is 1. The first-order chi connectivity index (χ1) is 8.41. The molecule has 1 aromatic heterocycles. The van der Waals surface area contributed by atoms with Crippen LogP contribution < -0.4 is 5.73 Å². The quantitative estimate of drug-likeness (QED) is 0.777. The lowest BCUT2D eigenvalue weighted by molar-refractivity contribution is 0.103. The molecule has 4 nitrogen and oxygen atoms in total. The molecule has 0 saturated heterocycles. The second kappa shape index (κ2) is 4.48. The first kappa shape index (κ1) is 12.7. The van der Waals surface area contributed by atoms with Gasteiger partial charge in [-0.05, 0) is 30.7 Å². The zero-order valence-corrected chi connectivity index (χ0v) is 10.5. The number of nitrogen functional groups attached to an aromatic ring is 1. The minimum absolute atomic E-state index is 0.131. The number of hydrogen-bond donors (Lipinski definition) is 3. The highest BCUT2D eigenvalue weighted by Crippen LogP contribution is 2.33. The Morgan fingerprint density at radius 2 is 1.89 bits per heavy atom. The number of hydrogen-bond acceptors (Lipinski definition) is 4. The van der Waals surface area contributed by atoms with Crippen molar-refractivity contribution in [1.29, 1.82) is 0 Å². The third kappa shape index (κ3) is 2.25. The van der Waals surface area contributed by atoms with Gasteiger partial charge in [0.15, 0.2) is 0 Å². The summed E-state index contributed by atoms with van der Waals surface area (Å²) in [6.07, 6.45) is 1.42. The van der Waals surface area contributed by atoms with Gasteiger partial charge in [-0.3, -0.25) is 0 Å². The first-order valence-electron chi connectivity index (χ1n) is 5.34. The van der Waals surface area contributed by atoms with Crippen molar-refractivity contribution in [2.24, 2.45) is 0 Å². The highest BCUT2D eigenvalue weighted by Gasteiger charge is 2.28. The number of phenols is 1.